The molecule has 2 rings (SSSR count). The van der Waals surface area contributed by atoms with Crippen molar-refractivity contribution in [2.24, 2.45) is 0 Å². The van der Waals surface area contributed by atoms with Gasteiger partial charge >= 0.3 is 0 Å². The fourth-order valence-corrected chi connectivity index (χ4v) is 2.54. The van der Waals surface area contributed by atoms with Gasteiger partial charge in [-0.25, -0.2) is 0 Å². The first-order valence-corrected chi connectivity index (χ1v) is 6.52. The van der Waals surface area contributed by atoms with Gasteiger partial charge in [-0.05, 0) is 37.1 Å². The summed E-state index contributed by atoms with van der Waals surface area (Å²) in [5.41, 5.74) is 1.84. The number of aliphatic hydroxyl groups is 1. The first-order valence-electron chi connectivity index (χ1n) is 6.52. The van der Waals surface area contributed by atoms with Crippen LogP contribution < -0.4 is 5.32 Å². The lowest BCUT2D eigenvalue weighted by atomic mass is 9.97. The molecule has 3 N–H and O–H groups in total. The van der Waals surface area contributed by atoms with Crippen LogP contribution in [-0.4, -0.2) is 47.3 Å². The summed E-state index contributed by atoms with van der Waals surface area (Å²) in [6.45, 7) is 7.87. The van der Waals surface area contributed by atoms with Crippen molar-refractivity contribution in [3.8, 4) is 5.75 Å². The number of hydrogen-bond acceptors (Lipinski definition) is 4. The molecule has 4 heteroatoms. The highest BCUT2D eigenvalue weighted by molar-refractivity contribution is 5.35. The van der Waals surface area contributed by atoms with Crippen LogP contribution in [0.3, 0.4) is 0 Å². The molecule has 1 aromatic carbocycles. The van der Waals surface area contributed by atoms with Crippen LogP contribution in [-0.2, 0) is 0 Å². The number of nitrogens with one attached hydrogen (secondary N) is 1. The van der Waals surface area contributed by atoms with Crippen LogP contribution >= 0.6 is 0 Å². The second kappa shape index (κ2) is 5.69. The van der Waals surface area contributed by atoms with Gasteiger partial charge in [0, 0.05) is 32.2 Å². The number of hydrogen-bond donors (Lipinski definition) is 3. The zero-order valence-electron chi connectivity index (χ0n) is 11.1. The summed E-state index contributed by atoms with van der Waals surface area (Å²) in [6, 6.07) is 5.24. The van der Waals surface area contributed by atoms with Crippen molar-refractivity contribution in [1.82, 2.24) is 10.2 Å². The molecule has 1 heterocycles. The minimum absolute atomic E-state index is 0.0929. The molecule has 0 radical (unpaired) electrons. The average molecular weight is 250 g/mol. The van der Waals surface area contributed by atoms with Gasteiger partial charge in [0.2, 0.25) is 0 Å². The Morgan fingerprint density at radius 2 is 1.94 bits per heavy atom. The van der Waals surface area contributed by atoms with E-state index < -0.39 is 6.10 Å². The Balaban J connectivity index is 2.11. The number of aryl methyl sites for hydroxylation is 1. The van der Waals surface area contributed by atoms with Crippen molar-refractivity contribution < 1.29 is 10.2 Å². The lowest BCUT2D eigenvalue weighted by Crippen LogP contribution is -2.49. The molecule has 100 valence electrons. The molecule has 18 heavy (non-hydrogen) atoms. The lowest BCUT2D eigenvalue weighted by Gasteiger charge is -2.35. The minimum Gasteiger partial charge on any atom is -0.508 e. The molecule has 0 amide bonds. The summed E-state index contributed by atoms with van der Waals surface area (Å²) in [5.74, 6) is 0.248. The summed E-state index contributed by atoms with van der Waals surface area (Å²) in [4.78, 5) is 2.30. The summed E-state index contributed by atoms with van der Waals surface area (Å²) in [5, 5.41) is 23.2. The Labute approximate surface area is 108 Å². The first kappa shape index (κ1) is 13.3. The number of rotatable bonds is 3. The monoisotopic (exact) mass is 250 g/mol. The van der Waals surface area contributed by atoms with Crippen LogP contribution in [0, 0.1) is 6.92 Å². The summed E-state index contributed by atoms with van der Waals surface area (Å²) in [7, 11) is 0. The second-order valence-corrected chi connectivity index (χ2v) is 5.01. The van der Waals surface area contributed by atoms with Gasteiger partial charge in [-0.1, -0.05) is 6.07 Å². The molecule has 1 fully saturated rings. The number of benzene rings is 1. The summed E-state index contributed by atoms with van der Waals surface area (Å²) >= 11 is 0. The third-order valence-electron chi connectivity index (χ3n) is 3.76. The van der Waals surface area contributed by atoms with E-state index in [-0.39, 0.29) is 11.8 Å². The van der Waals surface area contributed by atoms with E-state index in [4.69, 9.17) is 0 Å². The Bertz CT molecular complexity index is 403. The third-order valence-corrected chi connectivity index (χ3v) is 3.76. The predicted octanol–water partition coefficient (Wildman–Crippen LogP) is 1.03. The molecule has 1 aliphatic heterocycles. The Morgan fingerprint density at radius 3 is 2.56 bits per heavy atom. The average Bonchev–Trinajstić information content (AvgIpc) is 2.38. The fourth-order valence-electron chi connectivity index (χ4n) is 2.54. The van der Waals surface area contributed by atoms with E-state index in [9.17, 15) is 10.2 Å². The number of aliphatic hydroxyl groups excluding tert-OH is 1. The lowest BCUT2D eigenvalue weighted by molar-refractivity contribution is 0.0506. The van der Waals surface area contributed by atoms with Gasteiger partial charge < -0.3 is 15.5 Å². The van der Waals surface area contributed by atoms with Crippen molar-refractivity contribution in [2.45, 2.75) is 26.0 Å². The van der Waals surface area contributed by atoms with Crippen LogP contribution in [0.4, 0.5) is 0 Å². The van der Waals surface area contributed by atoms with Crippen molar-refractivity contribution in [3.63, 3.8) is 0 Å². The van der Waals surface area contributed by atoms with Gasteiger partial charge in [0.25, 0.3) is 0 Å². The van der Waals surface area contributed by atoms with Crippen LogP contribution in [0.25, 0.3) is 0 Å². The normalized spacial score (nSPS) is 20.6. The topological polar surface area (TPSA) is 55.7 Å². The zero-order valence-corrected chi connectivity index (χ0v) is 11.1. The molecule has 0 spiro atoms. The van der Waals surface area contributed by atoms with E-state index in [1.807, 2.05) is 13.0 Å². The summed E-state index contributed by atoms with van der Waals surface area (Å²) < 4.78 is 0. The van der Waals surface area contributed by atoms with Crippen LogP contribution in [0.5, 0.6) is 5.75 Å². The first-order chi connectivity index (χ1) is 8.59. The largest absolute Gasteiger partial charge is 0.508 e. The maximum absolute atomic E-state index is 10.5. The number of aromatic hydroxyl groups is 1. The van der Waals surface area contributed by atoms with Gasteiger partial charge in [-0.2, -0.15) is 0 Å². The quantitative estimate of drug-likeness (QED) is 0.750. The van der Waals surface area contributed by atoms with Crippen molar-refractivity contribution in [3.05, 3.63) is 29.3 Å². The zero-order chi connectivity index (χ0) is 13.1. The highest BCUT2D eigenvalue weighted by Gasteiger charge is 2.25. The number of piperazine rings is 1. The third kappa shape index (κ3) is 2.83. The van der Waals surface area contributed by atoms with E-state index in [1.165, 1.54) is 0 Å². The molecule has 0 aliphatic carbocycles. The van der Waals surface area contributed by atoms with Crippen molar-refractivity contribution in [1.29, 1.82) is 0 Å². The highest BCUT2D eigenvalue weighted by Crippen LogP contribution is 2.26. The molecule has 2 unspecified atom stereocenters. The molecular weight excluding hydrogens is 228 g/mol. The predicted molar refractivity (Wildman–Crippen MR) is 71.7 cm³/mol. The fraction of sp³-hybridized carbons (Fsp3) is 0.571. The second-order valence-electron chi connectivity index (χ2n) is 5.01. The van der Waals surface area contributed by atoms with Gasteiger partial charge in [0.1, 0.15) is 5.75 Å². The Hall–Kier alpha value is -1.10. The van der Waals surface area contributed by atoms with Crippen LogP contribution in [0.1, 0.15) is 24.2 Å². The molecule has 0 bridgehead atoms. The summed E-state index contributed by atoms with van der Waals surface area (Å²) in [6.07, 6.45) is -0.510. The van der Waals surface area contributed by atoms with E-state index in [0.717, 1.165) is 37.3 Å². The molecule has 2 atom stereocenters. The van der Waals surface area contributed by atoms with E-state index in [0.29, 0.717) is 0 Å². The Kier molecular flexibility index (Phi) is 4.22. The van der Waals surface area contributed by atoms with E-state index >= 15 is 0 Å². The molecular formula is C14H22N2O2. The van der Waals surface area contributed by atoms with Gasteiger partial charge in [0.15, 0.2) is 0 Å². The number of phenols is 1. The maximum atomic E-state index is 10.5. The molecule has 1 saturated heterocycles. The van der Waals surface area contributed by atoms with Gasteiger partial charge in [0.05, 0.1) is 6.10 Å². The standard InChI is InChI=1S/C14H22N2O2/c1-10-9-12(17)3-4-13(10)14(18)11(2)16-7-5-15-6-8-16/h3-4,9,11,14-15,17-18H,5-8H2,1-2H3. The van der Waals surface area contributed by atoms with Gasteiger partial charge in [-0.3, -0.25) is 4.90 Å². The van der Waals surface area contributed by atoms with Crippen LogP contribution in [0.2, 0.25) is 0 Å². The number of phenolic OH excluding ortho intramolecular Hbond substituents is 1. The SMILES string of the molecule is Cc1cc(O)ccc1C(O)C(C)N1CCNCC1. The molecule has 1 aromatic rings. The van der Waals surface area contributed by atoms with Crippen LogP contribution in [0.15, 0.2) is 18.2 Å². The van der Waals surface area contributed by atoms with E-state index in [2.05, 4.69) is 17.1 Å². The number of nitrogens with zero attached hydrogens (tertiary/aromatic N) is 1. The molecule has 4 nitrogen and oxygen atoms in total. The molecule has 1 aliphatic rings. The smallest absolute Gasteiger partial charge is 0.115 e. The van der Waals surface area contributed by atoms with Crippen molar-refractivity contribution in [2.75, 3.05) is 26.2 Å². The van der Waals surface area contributed by atoms with Gasteiger partial charge in [-0.15, -0.1) is 0 Å². The molecule has 0 aromatic heterocycles. The highest BCUT2D eigenvalue weighted by atomic mass is 16.3. The molecule has 0 saturated carbocycles. The maximum Gasteiger partial charge on any atom is 0.115 e. The van der Waals surface area contributed by atoms with Crippen molar-refractivity contribution >= 4 is 0 Å². The Morgan fingerprint density at radius 1 is 1.28 bits per heavy atom. The minimum atomic E-state index is -0.510. The van der Waals surface area contributed by atoms with E-state index in [1.54, 1.807) is 12.1 Å².